The molecule has 0 aromatic heterocycles. The van der Waals surface area contributed by atoms with E-state index < -0.39 is 4.75 Å². The number of nitrogens with one attached hydrogen (secondary N) is 1. The normalized spacial score (nSPS) is 12.6. The van der Waals surface area contributed by atoms with E-state index >= 15 is 0 Å². The maximum Gasteiger partial charge on any atom is 0.257 e. The van der Waals surface area contributed by atoms with Crippen molar-refractivity contribution in [1.82, 2.24) is 5.32 Å². The lowest BCUT2D eigenvalue weighted by atomic mass is 10.1. The van der Waals surface area contributed by atoms with E-state index in [0.717, 1.165) is 18.4 Å². The summed E-state index contributed by atoms with van der Waals surface area (Å²) >= 11 is 0.917. The third-order valence-electron chi connectivity index (χ3n) is 4.33. The average Bonchev–Trinajstić information content (AvgIpc) is 2.69. The second kappa shape index (κ2) is 18.5. The molecule has 0 radical (unpaired) electrons. The van der Waals surface area contributed by atoms with Gasteiger partial charge in [0.25, 0.3) is 5.91 Å². The van der Waals surface area contributed by atoms with Crippen molar-refractivity contribution in [2.45, 2.75) is 90.2 Å². The Morgan fingerprint density at radius 2 is 1.76 bits per heavy atom. The van der Waals surface area contributed by atoms with Gasteiger partial charge in [-0.1, -0.05) is 70.1 Å². The Hall–Kier alpha value is -1.56. The molecule has 0 aromatic carbocycles. The molecule has 0 bridgehead atoms. The van der Waals surface area contributed by atoms with Gasteiger partial charge in [0, 0.05) is 23.1 Å². The molecule has 5 nitrogen and oxygen atoms in total. The first-order valence-electron chi connectivity index (χ1n) is 10.8. The van der Waals surface area contributed by atoms with E-state index in [2.05, 4.69) is 22.9 Å². The molecule has 0 aliphatic heterocycles. The van der Waals surface area contributed by atoms with Gasteiger partial charge in [-0.15, -0.1) is 4.91 Å². The molecular formula is C23H40N2O3S. The molecule has 0 unspecified atom stereocenters. The molecule has 0 aliphatic rings. The molecule has 1 amide bonds. The zero-order valence-corrected chi connectivity index (χ0v) is 19.6. The first kappa shape index (κ1) is 27.4. The zero-order valence-electron chi connectivity index (χ0n) is 18.7. The van der Waals surface area contributed by atoms with Crippen molar-refractivity contribution in [1.29, 1.82) is 0 Å². The summed E-state index contributed by atoms with van der Waals surface area (Å²) in [5, 5.41) is 2.77. The van der Waals surface area contributed by atoms with Crippen molar-refractivity contribution in [3.05, 3.63) is 41.0 Å². The maximum absolute atomic E-state index is 12.0. The van der Waals surface area contributed by atoms with Gasteiger partial charge in [-0.3, -0.25) is 4.79 Å². The number of hydrogen-bond acceptors (Lipinski definition) is 5. The Kier molecular flexibility index (Phi) is 17.5. The molecule has 0 atom stereocenters. The summed E-state index contributed by atoms with van der Waals surface area (Å²) in [6.07, 6.45) is 21.2. The molecular weight excluding hydrogens is 384 g/mol. The van der Waals surface area contributed by atoms with Crippen LogP contribution in [0.1, 0.15) is 85.5 Å². The van der Waals surface area contributed by atoms with Gasteiger partial charge >= 0.3 is 0 Å². The van der Waals surface area contributed by atoms with Crippen LogP contribution in [0.25, 0.3) is 0 Å². The van der Waals surface area contributed by atoms with Gasteiger partial charge < -0.3 is 10.1 Å². The van der Waals surface area contributed by atoms with Crippen molar-refractivity contribution < 1.29 is 9.53 Å². The summed E-state index contributed by atoms with van der Waals surface area (Å²) in [5.41, 5.74) is 0. The molecule has 0 fully saturated rings. The molecule has 6 heteroatoms. The van der Waals surface area contributed by atoms with Crippen LogP contribution in [-0.4, -0.2) is 23.8 Å². The molecule has 0 aliphatic carbocycles. The fourth-order valence-electron chi connectivity index (χ4n) is 2.58. The Morgan fingerprint density at radius 1 is 1.10 bits per heavy atom. The molecule has 1 N–H and O–H groups in total. The topological polar surface area (TPSA) is 67.8 Å². The number of unbranched alkanes of at least 4 members (excludes halogenated alkanes) is 8. The van der Waals surface area contributed by atoms with Crippen LogP contribution in [0.3, 0.4) is 0 Å². The second-order valence-electron chi connectivity index (χ2n) is 7.75. The molecule has 0 saturated carbocycles. The van der Waals surface area contributed by atoms with Gasteiger partial charge in [0.2, 0.25) is 0 Å². The number of rotatable bonds is 18. The quantitative estimate of drug-likeness (QED) is 0.0858. The fourth-order valence-corrected chi connectivity index (χ4v) is 2.92. The van der Waals surface area contributed by atoms with Crippen LogP contribution in [0, 0.1) is 4.91 Å². The maximum atomic E-state index is 12.0. The summed E-state index contributed by atoms with van der Waals surface area (Å²) in [4.78, 5) is 22.4. The van der Waals surface area contributed by atoms with Gasteiger partial charge in [0.15, 0.2) is 6.61 Å². The number of allylic oxidation sites excluding steroid dienone is 5. The molecule has 29 heavy (non-hydrogen) atoms. The lowest BCUT2D eigenvalue weighted by Gasteiger charge is -2.19. The Balaban J connectivity index is 4.15. The van der Waals surface area contributed by atoms with Crippen LogP contribution in [0.4, 0.5) is 0 Å². The average molecular weight is 425 g/mol. The smallest absolute Gasteiger partial charge is 0.257 e. The predicted octanol–water partition coefficient (Wildman–Crippen LogP) is 6.86. The van der Waals surface area contributed by atoms with Crippen molar-refractivity contribution in [3.8, 4) is 0 Å². The largest absolute Gasteiger partial charge is 0.484 e. The van der Waals surface area contributed by atoms with Crippen LogP contribution < -0.4 is 5.32 Å². The lowest BCUT2D eigenvalue weighted by molar-refractivity contribution is -0.124. The Morgan fingerprint density at radius 3 is 2.38 bits per heavy atom. The zero-order chi connectivity index (χ0) is 21.8. The molecule has 166 valence electrons. The summed E-state index contributed by atoms with van der Waals surface area (Å²) in [6, 6.07) is 0. The molecule has 0 aromatic rings. The fraction of sp³-hybridized carbons (Fsp3) is 0.696. The van der Waals surface area contributed by atoms with E-state index in [-0.39, 0.29) is 12.5 Å². The number of ether oxygens (including phenoxy) is 1. The highest BCUT2D eigenvalue weighted by Crippen LogP contribution is 2.23. The number of nitroso groups, excluding NO2 is 1. The summed E-state index contributed by atoms with van der Waals surface area (Å²) in [7, 11) is 0. The number of hydrogen-bond donors (Lipinski definition) is 1. The van der Waals surface area contributed by atoms with Crippen LogP contribution in [-0.2, 0) is 9.53 Å². The van der Waals surface area contributed by atoms with E-state index in [9.17, 15) is 9.70 Å². The third-order valence-corrected chi connectivity index (χ3v) is 5.04. The minimum absolute atomic E-state index is 0.0548. The molecule has 0 spiro atoms. The number of carbonyl (C=O) groups excluding carboxylic acids is 1. The number of carbonyl (C=O) groups is 1. The van der Waals surface area contributed by atoms with Crippen LogP contribution >= 0.6 is 11.9 Å². The van der Waals surface area contributed by atoms with E-state index in [0.29, 0.717) is 12.3 Å². The molecule has 0 saturated heterocycles. The standard InChI is InChI=1S/C23H40N2O3S/c1-5-7-9-10-11-12-13-14-15-16-18-21(17-8-6-2)28-19-22(26)24-20-23(3,4)29-25-27/h6,8,16-18H,5,7,9-15,19-20H2,1-4H3,(H,24,26). The summed E-state index contributed by atoms with van der Waals surface area (Å²) in [6.45, 7) is 8.19. The van der Waals surface area contributed by atoms with Crippen LogP contribution in [0.5, 0.6) is 0 Å². The van der Waals surface area contributed by atoms with E-state index in [1.807, 2.05) is 45.1 Å². The van der Waals surface area contributed by atoms with E-state index in [4.69, 9.17) is 4.74 Å². The molecule has 0 heterocycles. The minimum atomic E-state index is -0.434. The van der Waals surface area contributed by atoms with Crippen molar-refractivity contribution >= 4 is 17.9 Å². The van der Waals surface area contributed by atoms with Gasteiger partial charge in [0.1, 0.15) is 5.76 Å². The lowest BCUT2D eigenvalue weighted by Crippen LogP contribution is -2.37. The van der Waals surface area contributed by atoms with Gasteiger partial charge in [0.05, 0.1) is 4.75 Å². The SMILES string of the molecule is CC=CC=C(C=CCCCCCCCCCC)OCC(=O)NCC(C)(C)SN=O. The monoisotopic (exact) mass is 424 g/mol. The second-order valence-corrected chi connectivity index (χ2v) is 9.19. The molecule has 0 rings (SSSR count). The predicted molar refractivity (Wildman–Crippen MR) is 126 cm³/mol. The van der Waals surface area contributed by atoms with Crippen molar-refractivity contribution in [2.75, 3.05) is 13.2 Å². The number of nitrogens with zero attached hydrogens (tertiary/aromatic N) is 1. The van der Waals surface area contributed by atoms with Gasteiger partial charge in [-0.2, -0.15) is 0 Å². The highest BCUT2D eigenvalue weighted by atomic mass is 32.2. The number of amides is 1. The first-order valence-corrected chi connectivity index (χ1v) is 11.6. The summed E-state index contributed by atoms with van der Waals surface area (Å²) in [5.74, 6) is 0.452. The third kappa shape index (κ3) is 18.2. The van der Waals surface area contributed by atoms with Crippen molar-refractivity contribution in [2.24, 2.45) is 4.58 Å². The summed E-state index contributed by atoms with van der Waals surface area (Å²) < 4.78 is 8.03. The van der Waals surface area contributed by atoms with Gasteiger partial charge in [-0.25, -0.2) is 0 Å². The van der Waals surface area contributed by atoms with Crippen LogP contribution in [0.2, 0.25) is 0 Å². The van der Waals surface area contributed by atoms with E-state index in [1.54, 1.807) is 0 Å². The Bertz CT molecular complexity index is 528. The highest BCUT2D eigenvalue weighted by Gasteiger charge is 2.20. The Labute approximate surface area is 181 Å². The first-order chi connectivity index (χ1) is 13.9. The minimum Gasteiger partial charge on any atom is -0.484 e. The van der Waals surface area contributed by atoms with E-state index in [1.165, 1.54) is 51.4 Å². The van der Waals surface area contributed by atoms with Crippen molar-refractivity contribution in [3.63, 3.8) is 0 Å². The highest BCUT2D eigenvalue weighted by molar-refractivity contribution is 7.99. The van der Waals surface area contributed by atoms with Gasteiger partial charge in [-0.05, 0) is 45.8 Å². The van der Waals surface area contributed by atoms with Crippen LogP contribution in [0.15, 0.2) is 40.7 Å².